The molecule has 178 valence electrons. The summed E-state index contributed by atoms with van der Waals surface area (Å²) in [6.45, 7) is 23.3. The average molecular weight is 509 g/mol. The van der Waals surface area contributed by atoms with Crippen molar-refractivity contribution in [2.24, 2.45) is 4.99 Å². The third-order valence-electron chi connectivity index (χ3n) is 4.50. The molecular weight excluding hydrogens is 465 g/mol. The van der Waals surface area contributed by atoms with Gasteiger partial charge in [-0.2, -0.15) is 0 Å². The smallest absolute Gasteiger partial charge is 0.668 e. The van der Waals surface area contributed by atoms with E-state index >= 15 is 0 Å². The Morgan fingerprint density at radius 1 is 0.848 bits per heavy atom. The molecule has 0 spiro atoms. The standard InChI is InChI=1S/C20H26N3.C6H18NSi2.Ca/c1-15(2)18-9-7-10-19(16(3)4)20(18)23-14-21-13-11-17-8-5-6-12-22-17;1-8(2,3)7-9(4,5)6;/h5-10,12,14-16H,11,13H2,1-4H3;1-6H3;/q2*-1;+2. The van der Waals surface area contributed by atoms with Gasteiger partial charge in [0.25, 0.3) is 0 Å². The summed E-state index contributed by atoms with van der Waals surface area (Å²) in [7, 11) is -2.21. The Bertz CT molecular complexity index is 788. The van der Waals surface area contributed by atoms with Crippen LogP contribution in [0.4, 0.5) is 5.69 Å². The fourth-order valence-corrected chi connectivity index (χ4v) is 11.6. The Labute approximate surface area is 235 Å². The minimum atomic E-state index is -1.11. The van der Waals surface area contributed by atoms with E-state index in [-0.39, 0.29) is 37.7 Å². The second-order valence-corrected chi connectivity index (χ2v) is 20.3. The summed E-state index contributed by atoms with van der Waals surface area (Å²) in [5.41, 5.74) is 4.72. The number of para-hydroxylation sites is 1. The van der Waals surface area contributed by atoms with Gasteiger partial charge in [-0.25, -0.2) is 0 Å². The first-order chi connectivity index (χ1) is 14.8. The van der Waals surface area contributed by atoms with E-state index in [1.54, 1.807) is 6.34 Å². The summed E-state index contributed by atoms with van der Waals surface area (Å²) in [5, 5.41) is 4.43. The second-order valence-electron chi connectivity index (χ2n) is 10.8. The second kappa shape index (κ2) is 15.5. The third kappa shape index (κ3) is 14.5. The van der Waals surface area contributed by atoms with Gasteiger partial charge in [-0.15, -0.1) is 6.34 Å². The quantitative estimate of drug-likeness (QED) is 0.145. The largest absolute Gasteiger partial charge is 2.00 e. The van der Waals surface area contributed by atoms with Gasteiger partial charge in [0.2, 0.25) is 0 Å². The van der Waals surface area contributed by atoms with E-state index in [0.29, 0.717) is 18.4 Å². The van der Waals surface area contributed by atoms with Crippen molar-refractivity contribution < 1.29 is 0 Å². The van der Waals surface area contributed by atoms with Gasteiger partial charge in [0.15, 0.2) is 0 Å². The molecule has 0 fully saturated rings. The molecular formula is C26H44CaN4Si2. The van der Waals surface area contributed by atoms with Crippen LogP contribution in [0.2, 0.25) is 39.3 Å². The molecule has 1 aromatic heterocycles. The predicted octanol–water partition coefficient (Wildman–Crippen LogP) is 8.25. The van der Waals surface area contributed by atoms with Gasteiger partial charge < -0.3 is 15.0 Å². The topological polar surface area (TPSA) is 53.5 Å². The van der Waals surface area contributed by atoms with Gasteiger partial charge in [-0.05, 0) is 53.7 Å². The maximum Gasteiger partial charge on any atom is 2.00 e. The minimum absolute atomic E-state index is 0. The Morgan fingerprint density at radius 2 is 1.39 bits per heavy atom. The van der Waals surface area contributed by atoms with E-state index in [0.717, 1.165) is 17.8 Å². The van der Waals surface area contributed by atoms with Crippen molar-refractivity contribution >= 4 is 66.2 Å². The number of hydrogen-bond donors (Lipinski definition) is 0. The van der Waals surface area contributed by atoms with Crippen LogP contribution in [0, 0.1) is 0 Å². The van der Waals surface area contributed by atoms with Crippen molar-refractivity contribution in [3.8, 4) is 0 Å². The van der Waals surface area contributed by atoms with E-state index in [4.69, 9.17) is 4.65 Å². The van der Waals surface area contributed by atoms with Crippen LogP contribution in [-0.4, -0.2) is 72.1 Å². The van der Waals surface area contributed by atoms with Crippen molar-refractivity contribution in [1.82, 2.24) is 4.98 Å². The number of pyridine rings is 1. The van der Waals surface area contributed by atoms with Crippen LogP contribution < -0.4 is 0 Å². The predicted molar refractivity (Wildman–Crippen MR) is 155 cm³/mol. The Morgan fingerprint density at radius 3 is 1.79 bits per heavy atom. The normalized spacial score (nSPS) is 11.9. The summed E-state index contributed by atoms with van der Waals surface area (Å²) < 4.78 is 4.82. The van der Waals surface area contributed by atoms with Gasteiger partial charge in [-0.3, -0.25) is 4.98 Å². The molecule has 0 unspecified atom stereocenters. The van der Waals surface area contributed by atoms with E-state index in [1.165, 1.54) is 11.1 Å². The number of hydrogen-bond acceptors (Lipinski definition) is 2. The van der Waals surface area contributed by atoms with E-state index in [9.17, 15) is 0 Å². The van der Waals surface area contributed by atoms with Crippen LogP contribution in [0.25, 0.3) is 9.96 Å². The van der Waals surface area contributed by atoms with E-state index in [1.807, 2.05) is 24.4 Å². The molecule has 1 aromatic carbocycles. The van der Waals surface area contributed by atoms with Gasteiger partial charge in [0, 0.05) is 11.9 Å². The zero-order valence-corrected chi connectivity index (χ0v) is 26.9. The number of aliphatic imine (C=N–C) groups is 1. The molecule has 0 saturated carbocycles. The number of benzene rings is 1. The molecule has 2 aromatic rings. The Kier molecular flexibility index (Phi) is 15.2. The SMILES string of the molecule is CC(C)c1cccc(C(C)C)c1N=C[N-]CCc1ccccn1.C[Si](C)(C)[N-][Si](C)(C)C.[Ca+2]. The zero-order chi connectivity index (χ0) is 24.4. The minimum Gasteiger partial charge on any atom is -0.668 e. The molecule has 0 atom stereocenters. The summed E-state index contributed by atoms with van der Waals surface area (Å²) >= 11 is 0. The van der Waals surface area contributed by atoms with E-state index < -0.39 is 16.5 Å². The van der Waals surface area contributed by atoms with Gasteiger partial charge in [-0.1, -0.05) is 108 Å². The van der Waals surface area contributed by atoms with Crippen molar-refractivity contribution in [3.63, 3.8) is 0 Å². The maximum absolute atomic E-state index is 4.82. The van der Waals surface area contributed by atoms with Crippen molar-refractivity contribution in [2.45, 2.75) is 85.2 Å². The number of rotatable bonds is 9. The Hall–Kier alpha value is -0.506. The molecule has 0 saturated heterocycles. The van der Waals surface area contributed by atoms with Crippen LogP contribution in [0.3, 0.4) is 0 Å². The zero-order valence-electron chi connectivity index (χ0n) is 22.7. The van der Waals surface area contributed by atoms with Crippen LogP contribution in [0.15, 0.2) is 47.6 Å². The number of aromatic nitrogens is 1. The molecule has 1 heterocycles. The van der Waals surface area contributed by atoms with Gasteiger partial charge in [0.1, 0.15) is 0 Å². The molecule has 2 rings (SSSR count). The molecule has 0 N–H and O–H groups in total. The third-order valence-corrected chi connectivity index (χ3v) is 9.87. The van der Waals surface area contributed by atoms with Crippen molar-refractivity contribution in [3.05, 3.63) is 69.4 Å². The fourth-order valence-electron chi connectivity index (χ4n) is 3.55. The number of nitrogens with zero attached hydrogens (tertiary/aromatic N) is 4. The first-order valence-electron chi connectivity index (χ1n) is 11.8. The molecule has 0 amide bonds. The molecule has 0 aliphatic carbocycles. The van der Waals surface area contributed by atoms with Crippen LogP contribution in [0.1, 0.15) is 56.4 Å². The molecule has 0 aliphatic rings. The summed E-state index contributed by atoms with van der Waals surface area (Å²) in [6.07, 6.45) is 4.36. The molecule has 0 bridgehead atoms. The van der Waals surface area contributed by atoms with Crippen LogP contribution in [-0.2, 0) is 6.42 Å². The van der Waals surface area contributed by atoms with Crippen LogP contribution in [0.5, 0.6) is 0 Å². The molecule has 7 heteroatoms. The maximum atomic E-state index is 4.82. The molecule has 4 nitrogen and oxygen atoms in total. The molecule has 0 aliphatic heterocycles. The molecule has 33 heavy (non-hydrogen) atoms. The molecule has 0 radical (unpaired) electrons. The van der Waals surface area contributed by atoms with E-state index in [2.05, 4.69) is 100 Å². The summed E-state index contributed by atoms with van der Waals surface area (Å²) in [5.74, 6) is 0.906. The average Bonchev–Trinajstić information content (AvgIpc) is 2.66. The van der Waals surface area contributed by atoms with Crippen molar-refractivity contribution in [2.75, 3.05) is 6.54 Å². The summed E-state index contributed by atoms with van der Waals surface area (Å²) in [4.78, 5) is 8.97. The first kappa shape index (κ1) is 32.5. The van der Waals surface area contributed by atoms with Gasteiger partial charge in [0.05, 0.1) is 0 Å². The van der Waals surface area contributed by atoms with Crippen molar-refractivity contribution in [1.29, 1.82) is 0 Å². The van der Waals surface area contributed by atoms with Gasteiger partial charge >= 0.3 is 37.7 Å². The Balaban J connectivity index is 0.000000875. The monoisotopic (exact) mass is 508 g/mol. The fraction of sp³-hybridized carbons (Fsp3) is 0.538. The van der Waals surface area contributed by atoms with Crippen LogP contribution >= 0.6 is 0 Å². The summed E-state index contributed by atoms with van der Waals surface area (Å²) in [6, 6.07) is 12.4. The first-order valence-corrected chi connectivity index (χ1v) is 18.7.